The first-order valence-electron chi connectivity index (χ1n) is 5.75. The largest absolute Gasteiger partial charge is 0.457 e. The van der Waals surface area contributed by atoms with E-state index < -0.39 is 5.60 Å². The molecule has 1 fully saturated rings. The highest BCUT2D eigenvalue weighted by molar-refractivity contribution is 5.69. The van der Waals surface area contributed by atoms with Crippen LogP contribution in [-0.2, 0) is 9.47 Å². The number of amides is 1. The number of hydrogen-bond donors (Lipinski definition) is 0. The van der Waals surface area contributed by atoms with E-state index in [9.17, 15) is 4.79 Å². The molecule has 6 heteroatoms. The average molecular weight is 241 g/mol. The maximum Gasteiger partial charge on any atom is 0.410 e. The van der Waals surface area contributed by atoms with Gasteiger partial charge in [-0.1, -0.05) is 0 Å². The molecular formula is C11H19N3O3. The maximum atomic E-state index is 11.7. The van der Waals surface area contributed by atoms with E-state index in [0.29, 0.717) is 19.0 Å². The molecule has 2 aliphatic heterocycles. The van der Waals surface area contributed by atoms with Crippen molar-refractivity contribution in [3.05, 3.63) is 0 Å². The number of ether oxygens (including phenoxy) is 2. The van der Waals surface area contributed by atoms with Crippen LogP contribution in [0.2, 0.25) is 0 Å². The molecule has 0 aromatic carbocycles. The monoisotopic (exact) mass is 241 g/mol. The Hall–Kier alpha value is -1.46. The quantitative estimate of drug-likeness (QED) is 0.689. The molecule has 2 heterocycles. The van der Waals surface area contributed by atoms with Crippen molar-refractivity contribution in [3.8, 4) is 0 Å². The third kappa shape index (κ3) is 2.62. The van der Waals surface area contributed by atoms with Crippen LogP contribution in [0, 0.1) is 5.92 Å². The molecule has 0 N–H and O–H groups in total. The van der Waals surface area contributed by atoms with E-state index in [1.165, 1.54) is 6.40 Å². The first-order valence-corrected chi connectivity index (χ1v) is 5.75. The van der Waals surface area contributed by atoms with Crippen LogP contribution >= 0.6 is 0 Å². The van der Waals surface area contributed by atoms with Crippen LogP contribution in [0.15, 0.2) is 5.10 Å². The van der Waals surface area contributed by atoms with Crippen molar-refractivity contribution in [1.29, 1.82) is 0 Å². The third-order valence-electron chi connectivity index (χ3n) is 2.76. The third-order valence-corrected chi connectivity index (χ3v) is 2.76. The van der Waals surface area contributed by atoms with Crippen molar-refractivity contribution in [2.45, 2.75) is 32.6 Å². The lowest BCUT2D eigenvalue weighted by molar-refractivity contribution is -0.0583. The van der Waals surface area contributed by atoms with E-state index in [-0.39, 0.29) is 12.3 Å². The van der Waals surface area contributed by atoms with Crippen molar-refractivity contribution in [3.63, 3.8) is 0 Å². The highest BCUT2D eigenvalue weighted by atomic mass is 16.6. The van der Waals surface area contributed by atoms with Crippen LogP contribution in [0.4, 0.5) is 4.79 Å². The Labute approximate surface area is 101 Å². The first kappa shape index (κ1) is 12.0. The number of hydrazone groups is 1. The minimum Gasteiger partial charge on any atom is -0.457 e. The lowest BCUT2D eigenvalue weighted by Crippen LogP contribution is -2.57. The van der Waals surface area contributed by atoms with Gasteiger partial charge in [-0.15, -0.1) is 5.10 Å². The van der Waals surface area contributed by atoms with Crippen LogP contribution in [-0.4, -0.2) is 54.4 Å². The van der Waals surface area contributed by atoms with Gasteiger partial charge in [-0.3, -0.25) is 5.01 Å². The predicted octanol–water partition coefficient (Wildman–Crippen LogP) is 1.08. The van der Waals surface area contributed by atoms with E-state index in [0.717, 1.165) is 0 Å². The van der Waals surface area contributed by atoms with Gasteiger partial charge in [0.05, 0.1) is 5.92 Å². The van der Waals surface area contributed by atoms with Crippen molar-refractivity contribution in [1.82, 2.24) is 9.91 Å². The van der Waals surface area contributed by atoms with Gasteiger partial charge in [-0.2, -0.15) is 0 Å². The molecule has 1 unspecified atom stereocenters. The van der Waals surface area contributed by atoms with E-state index in [2.05, 4.69) is 5.10 Å². The van der Waals surface area contributed by atoms with Crippen molar-refractivity contribution in [2.75, 3.05) is 20.1 Å². The van der Waals surface area contributed by atoms with Crippen LogP contribution in [0.3, 0.4) is 0 Å². The summed E-state index contributed by atoms with van der Waals surface area (Å²) in [6.45, 7) is 6.91. The van der Waals surface area contributed by atoms with Gasteiger partial charge in [0.15, 0.2) is 12.6 Å². The molecule has 0 aliphatic carbocycles. The first-order chi connectivity index (χ1) is 7.87. The Morgan fingerprint density at radius 2 is 2.12 bits per heavy atom. The average Bonchev–Trinajstić information content (AvgIpc) is 2.46. The molecule has 2 aliphatic rings. The van der Waals surface area contributed by atoms with Crippen LogP contribution < -0.4 is 0 Å². The number of likely N-dealkylation sites (tertiary alicyclic amines) is 1. The second-order valence-electron chi connectivity index (χ2n) is 5.47. The summed E-state index contributed by atoms with van der Waals surface area (Å²) in [5.74, 6) is 0.301. The van der Waals surface area contributed by atoms with E-state index >= 15 is 0 Å². The Morgan fingerprint density at radius 3 is 2.59 bits per heavy atom. The van der Waals surface area contributed by atoms with Gasteiger partial charge in [0.1, 0.15) is 5.60 Å². The summed E-state index contributed by atoms with van der Waals surface area (Å²) in [4.78, 5) is 13.4. The standard InChI is InChI=1S/C11H19N3O3/c1-11(2,3)17-10(15)14-5-8(6-14)9-13(4)12-7-16-9/h7-9H,5-6H2,1-4H3. The zero-order valence-electron chi connectivity index (χ0n) is 10.7. The highest BCUT2D eigenvalue weighted by Crippen LogP contribution is 2.26. The molecule has 2 rings (SSSR count). The molecule has 0 radical (unpaired) electrons. The lowest BCUT2D eigenvalue weighted by Gasteiger charge is -2.42. The van der Waals surface area contributed by atoms with Crippen LogP contribution in [0.1, 0.15) is 20.8 Å². The fourth-order valence-corrected chi connectivity index (χ4v) is 1.90. The molecule has 6 nitrogen and oxygen atoms in total. The fraction of sp³-hybridized carbons (Fsp3) is 0.818. The van der Waals surface area contributed by atoms with Gasteiger partial charge < -0.3 is 14.4 Å². The summed E-state index contributed by atoms with van der Waals surface area (Å²) in [7, 11) is 1.87. The Morgan fingerprint density at radius 1 is 1.47 bits per heavy atom. The predicted molar refractivity (Wildman–Crippen MR) is 62.4 cm³/mol. The number of hydrogen-bond acceptors (Lipinski definition) is 5. The molecule has 0 aromatic heterocycles. The van der Waals surface area contributed by atoms with Gasteiger partial charge in [-0.05, 0) is 20.8 Å². The van der Waals surface area contributed by atoms with Gasteiger partial charge in [0.25, 0.3) is 0 Å². The molecule has 0 aromatic rings. The zero-order chi connectivity index (χ0) is 12.6. The SMILES string of the molecule is CN1N=COC1C1CN(C(=O)OC(C)(C)C)C1. The summed E-state index contributed by atoms with van der Waals surface area (Å²) in [6.07, 6.45) is 1.14. The highest BCUT2D eigenvalue weighted by Gasteiger charge is 2.41. The Kier molecular flexibility index (Phi) is 2.89. The number of nitrogens with zero attached hydrogens (tertiary/aromatic N) is 3. The van der Waals surface area contributed by atoms with Crippen molar-refractivity contribution in [2.24, 2.45) is 11.0 Å². The van der Waals surface area contributed by atoms with E-state index in [1.807, 2.05) is 27.8 Å². The van der Waals surface area contributed by atoms with Crippen molar-refractivity contribution >= 4 is 12.5 Å². The van der Waals surface area contributed by atoms with E-state index in [1.54, 1.807) is 9.91 Å². The normalized spacial score (nSPS) is 24.6. The number of rotatable bonds is 1. The molecule has 0 spiro atoms. The van der Waals surface area contributed by atoms with Crippen molar-refractivity contribution < 1.29 is 14.3 Å². The second kappa shape index (κ2) is 4.09. The minimum absolute atomic E-state index is 0.0475. The molecule has 1 atom stereocenters. The molecule has 96 valence electrons. The Balaban J connectivity index is 1.77. The van der Waals surface area contributed by atoms with Gasteiger partial charge in [0.2, 0.25) is 0 Å². The van der Waals surface area contributed by atoms with Gasteiger partial charge in [0, 0.05) is 20.1 Å². The van der Waals surface area contributed by atoms with Gasteiger partial charge >= 0.3 is 6.09 Å². The summed E-state index contributed by atoms with van der Waals surface area (Å²) in [5, 5.41) is 5.78. The van der Waals surface area contributed by atoms with Crippen LogP contribution in [0.25, 0.3) is 0 Å². The smallest absolute Gasteiger partial charge is 0.410 e. The summed E-state index contributed by atoms with van der Waals surface area (Å²) in [5.41, 5.74) is -0.439. The molecule has 1 amide bonds. The molecule has 0 saturated carbocycles. The second-order valence-corrected chi connectivity index (χ2v) is 5.47. The Bertz CT molecular complexity index is 331. The fourth-order valence-electron chi connectivity index (χ4n) is 1.90. The molecular weight excluding hydrogens is 222 g/mol. The summed E-state index contributed by atoms with van der Waals surface area (Å²) in [6, 6.07) is 0. The topological polar surface area (TPSA) is 54.4 Å². The number of carbonyl (C=O) groups excluding carboxylic acids is 1. The maximum absolute atomic E-state index is 11.7. The molecule has 1 saturated heterocycles. The van der Waals surface area contributed by atoms with Crippen LogP contribution in [0.5, 0.6) is 0 Å². The molecule has 17 heavy (non-hydrogen) atoms. The van der Waals surface area contributed by atoms with E-state index in [4.69, 9.17) is 9.47 Å². The lowest BCUT2D eigenvalue weighted by atomic mass is 9.98. The van der Waals surface area contributed by atoms with Gasteiger partial charge in [-0.25, -0.2) is 4.79 Å². The number of carbonyl (C=O) groups is 1. The summed E-state index contributed by atoms with van der Waals surface area (Å²) < 4.78 is 10.6. The molecule has 0 bridgehead atoms. The zero-order valence-corrected chi connectivity index (χ0v) is 10.7. The minimum atomic E-state index is -0.439. The summed E-state index contributed by atoms with van der Waals surface area (Å²) >= 11 is 0.